The normalized spacial score (nSPS) is 11.6. The minimum absolute atomic E-state index is 0.0205. The van der Waals surface area contributed by atoms with Crippen molar-refractivity contribution in [3.05, 3.63) is 23.1 Å². The van der Waals surface area contributed by atoms with Gasteiger partial charge in [0.2, 0.25) is 0 Å². The van der Waals surface area contributed by atoms with Crippen molar-refractivity contribution in [3.8, 4) is 5.75 Å². The van der Waals surface area contributed by atoms with Crippen LogP contribution in [0.1, 0.15) is 12.5 Å². The van der Waals surface area contributed by atoms with Crippen molar-refractivity contribution in [3.63, 3.8) is 0 Å². The summed E-state index contributed by atoms with van der Waals surface area (Å²) in [5.41, 5.74) is 0.903. The van der Waals surface area contributed by atoms with E-state index in [9.17, 15) is 13.2 Å². The molecule has 21 heavy (non-hydrogen) atoms. The average Bonchev–Trinajstić information content (AvgIpc) is 2.79. The van der Waals surface area contributed by atoms with Crippen molar-refractivity contribution in [2.24, 2.45) is 0 Å². The fourth-order valence-corrected chi connectivity index (χ4v) is 4.83. The van der Waals surface area contributed by atoms with Gasteiger partial charge in [0.1, 0.15) is 10.6 Å². The molecule has 0 spiro atoms. The number of carbonyl (C=O) groups is 1. The van der Waals surface area contributed by atoms with Gasteiger partial charge in [0.15, 0.2) is 0 Å². The molecule has 8 heteroatoms. The van der Waals surface area contributed by atoms with Gasteiger partial charge in [0.25, 0.3) is 9.05 Å². The van der Waals surface area contributed by atoms with E-state index in [2.05, 4.69) is 0 Å². The maximum absolute atomic E-state index is 11.8. The number of ether oxygens (including phenoxy) is 2. The Balaban J connectivity index is 2.48. The molecule has 1 aromatic heterocycles. The Morgan fingerprint density at radius 2 is 2.10 bits per heavy atom. The van der Waals surface area contributed by atoms with E-state index in [0.717, 1.165) is 10.9 Å². The number of hydrogen-bond acceptors (Lipinski definition) is 6. The molecule has 0 saturated heterocycles. The molecule has 0 radical (unpaired) electrons. The fourth-order valence-electron chi connectivity index (χ4n) is 2.00. The second-order valence-corrected chi connectivity index (χ2v) is 7.64. The Bertz CT molecular complexity index is 779. The molecule has 0 bridgehead atoms. The molecule has 5 nitrogen and oxygen atoms in total. The van der Waals surface area contributed by atoms with Crippen molar-refractivity contribution in [2.45, 2.75) is 18.2 Å². The first kappa shape index (κ1) is 16.1. The van der Waals surface area contributed by atoms with Gasteiger partial charge in [-0.1, -0.05) is 0 Å². The highest BCUT2D eigenvalue weighted by molar-refractivity contribution is 8.14. The van der Waals surface area contributed by atoms with Gasteiger partial charge in [-0.05, 0) is 28.5 Å². The molecular weight excluding hydrogens is 336 g/mol. The smallest absolute Gasteiger partial charge is 0.302 e. The van der Waals surface area contributed by atoms with Crippen molar-refractivity contribution in [2.75, 3.05) is 13.7 Å². The number of carbonyl (C=O) groups excluding carboxylic acids is 1. The summed E-state index contributed by atoms with van der Waals surface area (Å²) < 4.78 is 34.0. The van der Waals surface area contributed by atoms with Crippen molar-refractivity contribution in [1.29, 1.82) is 0 Å². The quantitative estimate of drug-likeness (QED) is 0.613. The minimum atomic E-state index is -3.92. The van der Waals surface area contributed by atoms with Gasteiger partial charge in [0, 0.05) is 24.0 Å². The van der Waals surface area contributed by atoms with E-state index in [0.29, 0.717) is 11.1 Å². The number of esters is 1. The van der Waals surface area contributed by atoms with Crippen LogP contribution in [0.15, 0.2) is 22.4 Å². The summed E-state index contributed by atoms with van der Waals surface area (Å²) in [6, 6.07) is 3.35. The van der Waals surface area contributed by atoms with Crippen LogP contribution in [0.3, 0.4) is 0 Å². The number of benzene rings is 1. The molecule has 0 N–H and O–H groups in total. The maximum Gasteiger partial charge on any atom is 0.302 e. The molecular formula is C13H13ClO5S2. The molecule has 0 aliphatic heterocycles. The second kappa shape index (κ2) is 6.21. The van der Waals surface area contributed by atoms with Gasteiger partial charge in [-0.3, -0.25) is 4.79 Å². The SMILES string of the molecule is COc1ccc2c(CCOC(C)=O)csc2c1S(=O)(=O)Cl. The van der Waals surface area contributed by atoms with E-state index in [1.54, 1.807) is 12.1 Å². The standard InChI is InChI=1S/C13H13ClO5S2/c1-8(15)19-6-5-9-7-20-12-10(9)3-4-11(18-2)13(12)21(14,16)17/h3-4,7H,5-6H2,1-2H3. The third-order valence-electron chi connectivity index (χ3n) is 2.88. The Morgan fingerprint density at radius 3 is 2.67 bits per heavy atom. The van der Waals surface area contributed by atoms with Crippen LogP contribution in [-0.4, -0.2) is 28.1 Å². The number of hydrogen-bond donors (Lipinski definition) is 0. The van der Waals surface area contributed by atoms with Crippen LogP contribution in [0.25, 0.3) is 10.1 Å². The fraction of sp³-hybridized carbons (Fsp3) is 0.308. The van der Waals surface area contributed by atoms with Crippen LogP contribution in [-0.2, 0) is 25.0 Å². The maximum atomic E-state index is 11.8. The van der Waals surface area contributed by atoms with Crippen LogP contribution in [0, 0.1) is 0 Å². The van der Waals surface area contributed by atoms with Gasteiger partial charge >= 0.3 is 5.97 Å². The summed E-state index contributed by atoms with van der Waals surface area (Å²) in [5, 5.41) is 2.60. The van der Waals surface area contributed by atoms with Crippen molar-refractivity contribution in [1.82, 2.24) is 0 Å². The van der Waals surface area contributed by atoms with Crippen LogP contribution in [0.4, 0.5) is 0 Å². The molecule has 2 aromatic rings. The Labute approximate surface area is 130 Å². The molecule has 0 aliphatic carbocycles. The van der Waals surface area contributed by atoms with E-state index in [-0.39, 0.29) is 23.2 Å². The molecule has 1 aromatic carbocycles. The molecule has 0 saturated carbocycles. The predicted molar refractivity (Wildman–Crippen MR) is 81.8 cm³/mol. The summed E-state index contributed by atoms with van der Waals surface area (Å²) in [6.07, 6.45) is 0.508. The highest BCUT2D eigenvalue weighted by atomic mass is 35.7. The van der Waals surface area contributed by atoms with Gasteiger partial charge < -0.3 is 9.47 Å². The Hall–Kier alpha value is -1.31. The number of fused-ring (bicyclic) bond motifs is 1. The first-order chi connectivity index (χ1) is 9.84. The van der Waals surface area contributed by atoms with Crippen molar-refractivity contribution >= 4 is 47.1 Å². The Kier molecular flexibility index (Phi) is 4.75. The summed E-state index contributed by atoms with van der Waals surface area (Å²) in [6.45, 7) is 1.59. The van der Waals surface area contributed by atoms with Crippen molar-refractivity contribution < 1.29 is 22.7 Å². The molecule has 1 heterocycles. The number of halogens is 1. The van der Waals surface area contributed by atoms with Crippen LogP contribution in [0.5, 0.6) is 5.75 Å². The minimum Gasteiger partial charge on any atom is -0.495 e. The lowest BCUT2D eigenvalue weighted by Crippen LogP contribution is -2.03. The van der Waals surface area contributed by atoms with Gasteiger partial charge in [-0.15, -0.1) is 11.3 Å². The van der Waals surface area contributed by atoms with E-state index in [1.165, 1.54) is 25.4 Å². The largest absolute Gasteiger partial charge is 0.495 e. The third kappa shape index (κ3) is 3.48. The van der Waals surface area contributed by atoms with E-state index < -0.39 is 9.05 Å². The topological polar surface area (TPSA) is 69.7 Å². The van der Waals surface area contributed by atoms with Gasteiger partial charge in [-0.25, -0.2) is 8.42 Å². The predicted octanol–water partition coefficient (Wildman–Crippen LogP) is 2.94. The average molecular weight is 349 g/mol. The zero-order valence-corrected chi connectivity index (χ0v) is 13.8. The molecule has 114 valence electrons. The molecule has 0 atom stereocenters. The van der Waals surface area contributed by atoms with Crippen LogP contribution >= 0.6 is 22.0 Å². The lowest BCUT2D eigenvalue weighted by atomic mass is 10.1. The summed E-state index contributed by atoms with van der Waals surface area (Å²) >= 11 is 1.27. The monoisotopic (exact) mass is 348 g/mol. The third-order valence-corrected chi connectivity index (χ3v) is 5.43. The summed E-state index contributed by atoms with van der Waals surface area (Å²) in [4.78, 5) is 10.8. The van der Waals surface area contributed by atoms with E-state index in [1.807, 2.05) is 5.38 Å². The highest BCUT2D eigenvalue weighted by Crippen LogP contribution is 2.39. The Morgan fingerprint density at radius 1 is 1.38 bits per heavy atom. The van der Waals surface area contributed by atoms with Crippen LogP contribution < -0.4 is 4.74 Å². The molecule has 0 unspecified atom stereocenters. The first-order valence-electron chi connectivity index (χ1n) is 5.99. The molecule has 2 rings (SSSR count). The first-order valence-corrected chi connectivity index (χ1v) is 9.18. The van der Waals surface area contributed by atoms with Gasteiger partial charge in [-0.2, -0.15) is 0 Å². The lowest BCUT2D eigenvalue weighted by molar-refractivity contribution is -0.140. The zero-order valence-electron chi connectivity index (χ0n) is 11.4. The summed E-state index contributed by atoms with van der Waals surface area (Å²) in [5.74, 6) is -0.133. The van der Waals surface area contributed by atoms with Gasteiger partial charge in [0.05, 0.1) is 18.4 Å². The van der Waals surface area contributed by atoms with E-state index >= 15 is 0 Å². The van der Waals surface area contributed by atoms with E-state index in [4.69, 9.17) is 20.2 Å². The molecule has 0 aliphatic rings. The van der Waals surface area contributed by atoms with Crippen LogP contribution in [0.2, 0.25) is 0 Å². The molecule has 0 fully saturated rings. The number of thiophene rings is 1. The second-order valence-electron chi connectivity index (χ2n) is 4.26. The highest BCUT2D eigenvalue weighted by Gasteiger charge is 2.22. The molecule has 0 amide bonds. The summed E-state index contributed by atoms with van der Waals surface area (Å²) in [7, 11) is 2.98. The number of methoxy groups -OCH3 is 1. The zero-order chi connectivity index (χ0) is 15.6. The number of rotatable bonds is 5. The lowest BCUT2D eigenvalue weighted by Gasteiger charge is -2.07.